The van der Waals surface area contributed by atoms with E-state index in [1.807, 2.05) is 30.6 Å². The number of rotatable bonds is 5. The van der Waals surface area contributed by atoms with E-state index in [-0.39, 0.29) is 0 Å². The molecule has 0 aliphatic rings. The van der Waals surface area contributed by atoms with Crippen molar-refractivity contribution in [3.05, 3.63) is 39.9 Å². The topological polar surface area (TPSA) is 42.7 Å². The zero-order valence-electron chi connectivity index (χ0n) is 9.73. The van der Waals surface area contributed by atoms with Crippen LogP contribution in [0.15, 0.2) is 30.6 Å². The smallest absolute Gasteiger partial charge is 0.153 e. The van der Waals surface area contributed by atoms with Crippen LogP contribution in [0.25, 0.3) is 5.82 Å². The molecule has 0 aromatic carbocycles. The van der Waals surface area contributed by atoms with Crippen molar-refractivity contribution in [3.8, 4) is 5.82 Å². The molecule has 0 aliphatic heterocycles. The van der Waals surface area contributed by atoms with Gasteiger partial charge in [0.25, 0.3) is 0 Å². The number of aromatic nitrogens is 3. The van der Waals surface area contributed by atoms with Gasteiger partial charge in [0.1, 0.15) is 0 Å². The number of halogens is 1. The molecule has 2 heterocycles. The Hall–Kier alpha value is -0.950. The Morgan fingerprint density at radius 3 is 3.00 bits per heavy atom. The summed E-state index contributed by atoms with van der Waals surface area (Å²) in [4.78, 5) is 4.56. The molecule has 0 bridgehead atoms. The summed E-state index contributed by atoms with van der Waals surface area (Å²) < 4.78 is 2.91. The SMILES string of the molecule is CCCNCc1cccc(-n2cc(I)cn2)n1. The fourth-order valence-corrected chi connectivity index (χ4v) is 1.90. The van der Waals surface area contributed by atoms with Gasteiger partial charge in [0.2, 0.25) is 0 Å². The molecule has 17 heavy (non-hydrogen) atoms. The molecule has 4 nitrogen and oxygen atoms in total. The Morgan fingerprint density at radius 2 is 2.29 bits per heavy atom. The standard InChI is InChI=1S/C12H15IN4/c1-2-6-14-8-11-4-3-5-12(16-11)17-9-10(13)7-15-17/h3-5,7,9,14H,2,6,8H2,1H3. The Morgan fingerprint density at radius 1 is 1.41 bits per heavy atom. The lowest BCUT2D eigenvalue weighted by molar-refractivity contribution is 0.661. The molecular weight excluding hydrogens is 327 g/mol. The van der Waals surface area contributed by atoms with E-state index in [4.69, 9.17) is 0 Å². The number of pyridine rings is 1. The molecule has 0 atom stereocenters. The van der Waals surface area contributed by atoms with Crippen molar-refractivity contribution in [2.45, 2.75) is 19.9 Å². The summed E-state index contributed by atoms with van der Waals surface area (Å²) in [6.07, 6.45) is 4.92. The summed E-state index contributed by atoms with van der Waals surface area (Å²) in [6.45, 7) is 3.98. The largest absolute Gasteiger partial charge is 0.311 e. The summed E-state index contributed by atoms with van der Waals surface area (Å²) in [7, 11) is 0. The van der Waals surface area contributed by atoms with E-state index in [1.54, 1.807) is 4.68 Å². The second-order valence-electron chi connectivity index (χ2n) is 3.77. The van der Waals surface area contributed by atoms with Gasteiger partial charge in [-0.3, -0.25) is 0 Å². The monoisotopic (exact) mass is 342 g/mol. The van der Waals surface area contributed by atoms with E-state index < -0.39 is 0 Å². The third-order valence-electron chi connectivity index (χ3n) is 2.31. The Bertz CT molecular complexity index is 481. The van der Waals surface area contributed by atoms with Crippen LogP contribution in [0.2, 0.25) is 0 Å². The van der Waals surface area contributed by atoms with Gasteiger partial charge in [-0.25, -0.2) is 9.67 Å². The van der Waals surface area contributed by atoms with Crippen LogP contribution < -0.4 is 5.32 Å². The molecule has 2 aromatic rings. The van der Waals surface area contributed by atoms with Gasteiger partial charge in [-0.2, -0.15) is 5.10 Å². The Balaban J connectivity index is 2.11. The molecule has 5 heteroatoms. The minimum Gasteiger partial charge on any atom is -0.311 e. The third-order valence-corrected chi connectivity index (χ3v) is 2.87. The van der Waals surface area contributed by atoms with Crippen molar-refractivity contribution < 1.29 is 0 Å². The first-order chi connectivity index (χ1) is 8.29. The normalized spacial score (nSPS) is 10.7. The molecule has 2 rings (SSSR count). The maximum absolute atomic E-state index is 4.56. The van der Waals surface area contributed by atoms with Gasteiger partial charge in [0, 0.05) is 12.7 Å². The molecule has 0 aliphatic carbocycles. The van der Waals surface area contributed by atoms with Gasteiger partial charge in [-0.1, -0.05) is 13.0 Å². The predicted octanol–water partition coefficient (Wildman–Crippen LogP) is 2.37. The first-order valence-corrected chi connectivity index (χ1v) is 6.74. The number of hydrogen-bond donors (Lipinski definition) is 1. The van der Waals surface area contributed by atoms with Crippen LogP contribution in [0, 0.1) is 3.57 Å². The molecule has 0 radical (unpaired) electrons. The van der Waals surface area contributed by atoms with Crippen LogP contribution in [0.5, 0.6) is 0 Å². The zero-order chi connectivity index (χ0) is 12.1. The molecule has 0 fully saturated rings. The van der Waals surface area contributed by atoms with Crippen molar-refractivity contribution in [2.75, 3.05) is 6.54 Å². The fourth-order valence-electron chi connectivity index (χ4n) is 1.51. The molecule has 0 unspecified atom stereocenters. The predicted molar refractivity (Wildman–Crippen MR) is 76.1 cm³/mol. The minimum absolute atomic E-state index is 0.806. The Labute approximate surface area is 115 Å². The second kappa shape index (κ2) is 6.11. The molecule has 2 aromatic heterocycles. The fraction of sp³-hybridized carbons (Fsp3) is 0.333. The first-order valence-electron chi connectivity index (χ1n) is 5.67. The van der Waals surface area contributed by atoms with Gasteiger partial charge < -0.3 is 5.32 Å². The molecule has 90 valence electrons. The summed E-state index contributed by atoms with van der Waals surface area (Å²) >= 11 is 2.24. The van der Waals surface area contributed by atoms with E-state index >= 15 is 0 Å². The zero-order valence-corrected chi connectivity index (χ0v) is 11.9. The van der Waals surface area contributed by atoms with Gasteiger partial charge in [-0.15, -0.1) is 0 Å². The van der Waals surface area contributed by atoms with Gasteiger partial charge >= 0.3 is 0 Å². The summed E-state index contributed by atoms with van der Waals surface area (Å²) in [6, 6.07) is 6.01. The first kappa shape index (κ1) is 12.5. The number of hydrogen-bond acceptors (Lipinski definition) is 3. The van der Waals surface area contributed by atoms with Crippen LogP contribution >= 0.6 is 22.6 Å². The molecule has 0 spiro atoms. The van der Waals surface area contributed by atoms with Crippen molar-refractivity contribution in [3.63, 3.8) is 0 Å². The molecule has 1 N–H and O–H groups in total. The summed E-state index contributed by atoms with van der Waals surface area (Å²) in [5, 5.41) is 7.59. The van der Waals surface area contributed by atoms with E-state index in [0.717, 1.165) is 34.6 Å². The summed E-state index contributed by atoms with van der Waals surface area (Å²) in [5.41, 5.74) is 1.04. The average Bonchev–Trinajstić information content (AvgIpc) is 2.77. The van der Waals surface area contributed by atoms with E-state index in [9.17, 15) is 0 Å². The maximum Gasteiger partial charge on any atom is 0.153 e. The highest BCUT2D eigenvalue weighted by Gasteiger charge is 2.01. The lowest BCUT2D eigenvalue weighted by Crippen LogP contribution is -2.15. The number of nitrogens with one attached hydrogen (secondary N) is 1. The van der Waals surface area contributed by atoms with Crippen molar-refractivity contribution in [2.24, 2.45) is 0 Å². The van der Waals surface area contributed by atoms with Crippen LogP contribution in [-0.2, 0) is 6.54 Å². The second-order valence-corrected chi connectivity index (χ2v) is 5.01. The van der Waals surface area contributed by atoms with E-state index in [1.165, 1.54) is 0 Å². The summed E-state index contributed by atoms with van der Waals surface area (Å²) in [5.74, 6) is 0.865. The average molecular weight is 342 g/mol. The van der Waals surface area contributed by atoms with Crippen LogP contribution in [0.3, 0.4) is 0 Å². The van der Waals surface area contributed by atoms with Crippen LogP contribution in [-0.4, -0.2) is 21.3 Å². The van der Waals surface area contributed by atoms with Gasteiger partial charge in [0.05, 0.1) is 15.5 Å². The quantitative estimate of drug-likeness (QED) is 0.670. The maximum atomic E-state index is 4.56. The van der Waals surface area contributed by atoms with Crippen molar-refractivity contribution in [1.29, 1.82) is 0 Å². The van der Waals surface area contributed by atoms with Crippen molar-refractivity contribution in [1.82, 2.24) is 20.1 Å². The van der Waals surface area contributed by atoms with Crippen LogP contribution in [0.1, 0.15) is 19.0 Å². The highest BCUT2D eigenvalue weighted by atomic mass is 127. The molecule has 0 amide bonds. The Kier molecular flexibility index (Phi) is 4.49. The number of nitrogens with zero attached hydrogens (tertiary/aromatic N) is 3. The van der Waals surface area contributed by atoms with E-state index in [0.29, 0.717) is 0 Å². The molecule has 0 saturated heterocycles. The van der Waals surface area contributed by atoms with E-state index in [2.05, 4.69) is 44.9 Å². The van der Waals surface area contributed by atoms with Gasteiger partial charge in [0.15, 0.2) is 5.82 Å². The van der Waals surface area contributed by atoms with Crippen molar-refractivity contribution >= 4 is 22.6 Å². The third kappa shape index (κ3) is 3.50. The highest BCUT2D eigenvalue weighted by molar-refractivity contribution is 14.1. The molecule has 0 saturated carbocycles. The van der Waals surface area contributed by atoms with Crippen LogP contribution in [0.4, 0.5) is 0 Å². The lowest BCUT2D eigenvalue weighted by Gasteiger charge is -2.05. The minimum atomic E-state index is 0.806. The molecular formula is C12H15IN4. The lowest BCUT2D eigenvalue weighted by atomic mass is 10.3. The highest BCUT2D eigenvalue weighted by Crippen LogP contribution is 2.08. The van der Waals surface area contributed by atoms with Gasteiger partial charge in [-0.05, 0) is 47.7 Å².